The minimum Gasteiger partial charge on any atom is -0.504 e. The van der Waals surface area contributed by atoms with Gasteiger partial charge in [0.05, 0.1) is 12.0 Å². The number of carbonyl (C=O) groups excluding carboxylic acids is 1. The van der Waals surface area contributed by atoms with Crippen LogP contribution in [0.3, 0.4) is 0 Å². The van der Waals surface area contributed by atoms with Gasteiger partial charge in [-0.15, -0.1) is 0 Å². The summed E-state index contributed by atoms with van der Waals surface area (Å²) in [5, 5.41) is 21.5. The third kappa shape index (κ3) is 2.41. The van der Waals surface area contributed by atoms with E-state index in [1.165, 1.54) is 19.2 Å². The number of phenols is 2. The number of hydrogen-bond donors (Lipinski definition) is 3. The molecule has 0 saturated carbocycles. The predicted molar refractivity (Wildman–Crippen MR) is 72.6 cm³/mol. The second-order valence-electron chi connectivity index (χ2n) is 3.44. The van der Waals surface area contributed by atoms with Gasteiger partial charge in [0.1, 0.15) is 4.32 Å². The average molecular weight is 283 g/mol. The molecule has 0 atom stereocenters. The first-order chi connectivity index (χ1) is 8.51. The number of rotatable bonds is 2. The molecule has 18 heavy (non-hydrogen) atoms. The minimum atomic E-state index is -0.335. The van der Waals surface area contributed by atoms with Crippen LogP contribution in [-0.4, -0.2) is 27.6 Å². The zero-order valence-electron chi connectivity index (χ0n) is 9.26. The molecule has 0 unspecified atom stereocenters. The van der Waals surface area contributed by atoms with Crippen molar-refractivity contribution in [3.8, 4) is 17.2 Å². The predicted octanol–water partition coefficient (Wildman–Crippen LogP) is 1.60. The normalized spacial score (nSPS) is 17.1. The van der Waals surface area contributed by atoms with Crippen molar-refractivity contribution in [2.45, 2.75) is 0 Å². The Labute approximate surface area is 112 Å². The monoisotopic (exact) mass is 283 g/mol. The fourth-order valence-electron chi connectivity index (χ4n) is 1.43. The lowest BCUT2D eigenvalue weighted by Gasteiger charge is -2.06. The number of benzene rings is 1. The van der Waals surface area contributed by atoms with Crippen molar-refractivity contribution in [1.82, 2.24) is 5.32 Å². The van der Waals surface area contributed by atoms with Gasteiger partial charge >= 0.3 is 0 Å². The molecule has 2 rings (SSSR count). The van der Waals surface area contributed by atoms with E-state index < -0.39 is 0 Å². The maximum Gasteiger partial charge on any atom is 0.263 e. The summed E-state index contributed by atoms with van der Waals surface area (Å²) >= 11 is 6.00. The van der Waals surface area contributed by atoms with Crippen molar-refractivity contribution in [2.75, 3.05) is 7.11 Å². The van der Waals surface area contributed by atoms with E-state index in [9.17, 15) is 15.0 Å². The molecular formula is C11H9NO4S2. The number of nitrogens with one attached hydrogen (secondary N) is 1. The number of carbonyl (C=O) groups is 1. The molecule has 1 amide bonds. The number of amides is 1. The van der Waals surface area contributed by atoms with Gasteiger partial charge in [0.25, 0.3) is 5.91 Å². The van der Waals surface area contributed by atoms with E-state index in [0.29, 0.717) is 14.8 Å². The van der Waals surface area contributed by atoms with Gasteiger partial charge in [-0.05, 0) is 23.8 Å². The van der Waals surface area contributed by atoms with Crippen molar-refractivity contribution < 1.29 is 19.7 Å². The Morgan fingerprint density at radius 1 is 1.44 bits per heavy atom. The highest BCUT2D eigenvalue weighted by Gasteiger charge is 2.22. The molecule has 0 aliphatic carbocycles. The molecule has 0 bridgehead atoms. The topological polar surface area (TPSA) is 78.8 Å². The van der Waals surface area contributed by atoms with Gasteiger partial charge in [0.15, 0.2) is 11.5 Å². The Balaban J connectivity index is 2.41. The van der Waals surface area contributed by atoms with Gasteiger partial charge in [0, 0.05) is 0 Å². The van der Waals surface area contributed by atoms with Crippen LogP contribution in [0.15, 0.2) is 17.0 Å². The summed E-state index contributed by atoms with van der Waals surface area (Å²) in [5.74, 6) is -0.796. The van der Waals surface area contributed by atoms with Gasteiger partial charge in [-0.1, -0.05) is 24.0 Å². The molecule has 1 heterocycles. The molecule has 0 aromatic heterocycles. The molecule has 1 aromatic rings. The highest BCUT2D eigenvalue weighted by Crippen LogP contribution is 2.37. The molecular weight excluding hydrogens is 274 g/mol. The zero-order valence-corrected chi connectivity index (χ0v) is 10.9. The third-order valence-corrected chi connectivity index (χ3v) is 3.40. The number of thiocarbonyl (C=S) groups is 1. The van der Waals surface area contributed by atoms with E-state index in [0.717, 1.165) is 11.8 Å². The summed E-state index contributed by atoms with van der Waals surface area (Å²) in [4.78, 5) is 11.9. The summed E-state index contributed by atoms with van der Waals surface area (Å²) in [7, 11) is 1.37. The maximum absolute atomic E-state index is 11.5. The zero-order chi connectivity index (χ0) is 13.3. The lowest BCUT2D eigenvalue weighted by atomic mass is 10.1. The summed E-state index contributed by atoms with van der Waals surface area (Å²) in [6.45, 7) is 0. The first-order valence-corrected chi connectivity index (χ1v) is 6.08. The molecule has 0 spiro atoms. The fourth-order valence-corrected chi connectivity index (χ4v) is 2.47. The summed E-state index contributed by atoms with van der Waals surface area (Å²) in [6.07, 6.45) is 1.56. The van der Waals surface area contributed by atoms with Crippen LogP contribution in [0.2, 0.25) is 0 Å². The maximum atomic E-state index is 11.5. The van der Waals surface area contributed by atoms with Crippen molar-refractivity contribution in [3.63, 3.8) is 0 Å². The average Bonchev–Trinajstić information content (AvgIpc) is 2.62. The van der Waals surface area contributed by atoms with Gasteiger partial charge in [0.2, 0.25) is 5.75 Å². The minimum absolute atomic E-state index is 0.132. The lowest BCUT2D eigenvalue weighted by Crippen LogP contribution is -2.17. The number of thioether (sulfide) groups is 1. The first-order valence-electron chi connectivity index (χ1n) is 4.86. The standard InChI is InChI=1S/C11H9NO4S2/c1-16-7-3-5(2-6(13)9(7)14)4-8-10(15)12-11(17)18-8/h2-4,13-14H,1H3,(H,12,15,17)/b8-4+. The smallest absolute Gasteiger partial charge is 0.263 e. The first kappa shape index (κ1) is 12.7. The molecule has 0 radical (unpaired) electrons. The van der Waals surface area contributed by atoms with Gasteiger partial charge < -0.3 is 20.3 Å². The molecule has 1 saturated heterocycles. The largest absolute Gasteiger partial charge is 0.504 e. The van der Waals surface area contributed by atoms with E-state index in [-0.39, 0.29) is 23.2 Å². The van der Waals surface area contributed by atoms with Crippen LogP contribution in [0.1, 0.15) is 5.56 Å². The Kier molecular flexibility index (Phi) is 3.44. The van der Waals surface area contributed by atoms with E-state index in [4.69, 9.17) is 17.0 Å². The van der Waals surface area contributed by atoms with Crippen molar-refractivity contribution in [1.29, 1.82) is 0 Å². The van der Waals surface area contributed by atoms with Crippen molar-refractivity contribution in [3.05, 3.63) is 22.6 Å². The van der Waals surface area contributed by atoms with Gasteiger partial charge in [-0.2, -0.15) is 0 Å². The number of hydrogen-bond acceptors (Lipinski definition) is 6. The molecule has 3 N–H and O–H groups in total. The molecule has 7 heteroatoms. The second kappa shape index (κ2) is 4.87. The SMILES string of the molecule is COc1cc(/C=C2/SC(=S)NC2=O)cc(O)c1O. The Bertz CT molecular complexity index is 568. The molecule has 1 aromatic carbocycles. The second-order valence-corrected chi connectivity index (χ2v) is 5.16. The molecule has 94 valence electrons. The highest BCUT2D eigenvalue weighted by atomic mass is 32.2. The Morgan fingerprint density at radius 2 is 2.17 bits per heavy atom. The third-order valence-electron chi connectivity index (χ3n) is 2.24. The van der Waals surface area contributed by atoms with Crippen LogP contribution < -0.4 is 10.1 Å². The van der Waals surface area contributed by atoms with E-state index in [1.54, 1.807) is 6.08 Å². The summed E-state index contributed by atoms with van der Waals surface area (Å²) < 4.78 is 5.30. The van der Waals surface area contributed by atoms with E-state index >= 15 is 0 Å². The Hall–Kier alpha value is -1.73. The summed E-state index contributed by atoms with van der Waals surface area (Å²) in [6, 6.07) is 2.84. The Morgan fingerprint density at radius 3 is 2.72 bits per heavy atom. The van der Waals surface area contributed by atoms with E-state index in [2.05, 4.69) is 5.32 Å². The number of methoxy groups -OCH3 is 1. The molecule has 1 fully saturated rings. The number of phenolic OH excluding ortho intramolecular Hbond substituents is 2. The highest BCUT2D eigenvalue weighted by molar-refractivity contribution is 8.26. The lowest BCUT2D eigenvalue weighted by molar-refractivity contribution is -0.115. The number of aromatic hydroxyl groups is 2. The molecule has 1 aliphatic heterocycles. The summed E-state index contributed by atoms with van der Waals surface area (Å²) in [5.41, 5.74) is 0.532. The molecule has 1 aliphatic rings. The van der Waals surface area contributed by atoms with Crippen LogP contribution in [-0.2, 0) is 4.79 Å². The van der Waals surface area contributed by atoms with Crippen LogP contribution in [0.4, 0.5) is 0 Å². The molecule has 5 nitrogen and oxygen atoms in total. The van der Waals surface area contributed by atoms with Crippen LogP contribution in [0, 0.1) is 0 Å². The van der Waals surface area contributed by atoms with Crippen molar-refractivity contribution >= 4 is 40.3 Å². The fraction of sp³-hybridized carbons (Fsp3) is 0.0909. The number of ether oxygens (including phenoxy) is 1. The van der Waals surface area contributed by atoms with Crippen LogP contribution in [0.5, 0.6) is 17.2 Å². The van der Waals surface area contributed by atoms with E-state index in [1.807, 2.05) is 0 Å². The van der Waals surface area contributed by atoms with Crippen LogP contribution >= 0.6 is 24.0 Å². The van der Waals surface area contributed by atoms with Gasteiger partial charge in [-0.25, -0.2) is 0 Å². The van der Waals surface area contributed by atoms with Crippen molar-refractivity contribution in [2.24, 2.45) is 0 Å². The quantitative estimate of drug-likeness (QED) is 0.434. The van der Waals surface area contributed by atoms with Crippen LogP contribution in [0.25, 0.3) is 6.08 Å². The van der Waals surface area contributed by atoms with Gasteiger partial charge in [-0.3, -0.25) is 4.79 Å².